The molecular weight excluding hydrogens is 535 g/mol. The molecule has 4 rings (SSSR count). The van der Waals surface area contributed by atoms with E-state index in [0.717, 1.165) is 0 Å². The van der Waals surface area contributed by atoms with Crippen LogP contribution in [-0.2, 0) is 0 Å². The quantitative estimate of drug-likeness (QED) is 0.190. The van der Waals surface area contributed by atoms with E-state index in [9.17, 15) is 0 Å². The third-order valence-corrected chi connectivity index (χ3v) is 8.34. The fraction of sp³-hybridized carbons (Fsp3) is 0.0769. The second-order valence-corrected chi connectivity index (χ2v) is 9.29. The summed E-state index contributed by atoms with van der Waals surface area (Å²) < 4.78 is 22.6. The average molecular weight is 539 g/mol. The third kappa shape index (κ3) is 2.85. The SMILES string of the molecule is C.Clc1c(Cl)c(Cl)c2c(c1Cl)O[P+]1(O2)Oc2c(Cl)c(Cl)c(Cl)c(Cl)c2O1. The molecule has 2 heterocycles. The summed E-state index contributed by atoms with van der Waals surface area (Å²) in [4.78, 5) is 0. The number of halogens is 8. The lowest BCUT2D eigenvalue weighted by atomic mass is 10.3. The Morgan fingerprint density at radius 1 is 0.385 bits per heavy atom. The van der Waals surface area contributed by atoms with Crippen LogP contribution in [-0.4, -0.2) is 0 Å². The van der Waals surface area contributed by atoms with Crippen LogP contribution in [0.25, 0.3) is 0 Å². The fourth-order valence-corrected chi connectivity index (χ4v) is 5.89. The zero-order chi connectivity index (χ0) is 18.3. The molecule has 2 aromatic rings. The first-order chi connectivity index (χ1) is 11.7. The van der Waals surface area contributed by atoms with Crippen molar-refractivity contribution in [3.8, 4) is 23.0 Å². The van der Waals surface area contributed by atoms with Gasteiger partial charge in [0.25, 0.3) is 23.0 Å². The second kappa shape index (κ2) is 7.02. The van der Waals surface area contributed by atoms with E-state index in [-0.39, 0.29) is 70.6 Å². The molecule has 1 spiro atoms. The Bertz CT molecular complexity index is 812. The molecule has 0 amide bonds. The van der Waals surface area contributed by atoms with Gasteiger partial charge in [-0.3, -0.25) is 0 Å². The van der Waals surface area contributed by atoms with Crippen LogP contribution in [0.15, 0.2) is 0 Å². The van der Waals surface area contributed by atoms with Gasteiger partial charge < -0.3 is 0 Å². The van der Waals surface area contributed by atoms with E-state index in [0.29, 0.717) is 0 Å². The van der Waals surface area contributed by atoms with Crippen molar-refractivity contribution >= 4 is 101 Å². The molecule has 0 radical (unpaired) electrons. The average Bonchev–Trinajstić information content (AvgIpc) is 3.16. The van der Waals surface area contributed by atoms with Crippen molar-refractivity contribution in [3.63, 3.8) is 0 Å². The van der Waals surface area contributed by atoms with Gasteiger partial charge in [-0.2, -0.15) is 0 Å². The van der Waals surface area contributed by atoms with E-state index in [2.05, 4.69) is 0 Å². The largest absolute Gasteiger partial charge is 0.767 e. The minimum Gasteiger partial charge on any atom is -0.235 e. The van der Waals surface area contributed by atoms with Gasteiger partial charge in [0.1, 0.15) is 20.1 Å². The minimum absolute atomic E-state index is 0. The number of hydrogen-bond acceptors (Lipinski definition) is 4. The summed E-state index contributed by atoms with van der Waals surface area (Å²) in [5, 5.41) is -0.0779. The normalized spacial score (nSPS) is 15.4. The van der Waals surface area contributed by atoms with E-state index in [1.54, 1.807) is 0 Å². The molecule has 0 atom stereocenters. The molecule has 0 unspecified atom stereocenters. The molecule has 0 bridgehead atoms. The van der Waals surface area contributed by atoms with Crippen LogP contribution in [0.3, 0.4) is 0 Å². The van der Waals surface area contributed by atoms with Gasteiger partial charge in [-0.15, -0.1) is 0 Å². The summed E-state index contributed by atoms with van der Waals surface area (Å²) in [5.41, 5.74) is 0. The molecule has 2 aromatic carbocycles. The van der Waals surface area contributed by atoms with Crippen molar-refractivity contribution in [2.45, 2.75) is 7.43 Å². The Kier molecular flexibility index (Phi) is 5.70. The fourth-order valence-electron chi connectivity index (χ4n) is 2.07. The highest BCUT2D eigenvalue weighted by atomic mass is 35.5. The molecule has 0 aliphatic carbocycles. The van der Waals surface area contributed by atoms with E-state index in [1.807, 2.05) is 0 Å². The van der Waals surface area contributed by atoms with E-state index < -0.39 is 8.17 Å². The third-order valence-electron chi connectivity index (χ3n) is 3.18. The summed E-state index contributed by atoms with van der Waals surface area (Å²) in [6.45, 7) is 0. The molecule has 140 valence electrons. The molecule has 4 nitrogen and oxygen atoms in total. The van der Waals surface area contributed by atoms with Crippen molar-refractivity contribution in [3.05, 3.63) is 40.2 Å². The summed E-state index contributed by atoms with van der Waals surface area (Å²) in [6.07, 6.45) is 0. The topological polar surface area (TPSA) is 36.9 Å². The molecule has 0 fully saturated rings. The van der Waals surface area contributed by atoms with Crippen LogP contribution < -0.4 is 18.1 Å². The van der Waals surface area contributed by atoms with Gasteiger partial charge in [-0.25, -0.2) is 18.1 Å². The van der Waals surface area contributed by atoms with Crippen LogP contribution in [0.5, 0.6) is 23.0 Å². The Morgan fingerprint density at radius 3 is 0.769 bits per heavy atom. The smallest absolute Gasteiger partial charge is 0.235 e. The standard InChI is InChI=1S/C12Cl8O4P.CH4/c13-1-2(14)6(18)10-9(5(1)17)21-25(22-10)23-11-7(19)3(15)4(16)8(20)12(11)24-25;/h;1H4/q+1;. The molecule has 13 heteroatoms. The maximum Gasteiger partial charge on any atom is 0.767 e. The number of benzene rings is 2. The second-order valence-electron chi connectivity index (χ2n) is 4.64. The maximum absolute atomic E-state index is 6.13. The number of rotatable bonds is 0. The molecule has 2 aliphatic heterocycles. The Morgan fingerprint density at radius 2 is 0.577 bits per heavy atom. The van der Waals surface area contributed by atoms with Crippen molar-refractivity contribution < 1.29 is 18.1 Å². The van der Waals surface area contributed by atoms with Gasteiger partial charge in [-0.1, -0.05) is 100 Å². The highest BCUT2D eigenvalue weighted by molar-refractivity contribution is 7.58. The first-order valence-corrected chi connectivity index (χ1v) is 10.5. The summed E-state index contributed by atoms with van der Waals surface area (Å²) in [6, 6.07) is 0. The Labute approximate surface area is 188 Å². The van der Waals surface area contributed by atoms with Crippen LogP contribution in [0.4, 0.5) is 0 Å². The Hall–Kier alpha value is 0.390. The molecule has 0 N–H and O–H groups in total. The number of fused-ring (bicyclic) bond motifs is 2. The molecular formula is C13H4Cl8O4P+. The maximum atomic E-state index is 6.13. The number of hydrogen-bond donors (Lipinski definition) is 0. The van der Waals surface area contributed by atoms with Crippen LogP contribution in [0.2, 0.25) is 40.2 Å². The van der Waals surface area contributed by atoms with Crippen molar-refractivity contribution in [1.29, 1.82) is 0 Å². The summed E-state index contributed by atoms with van der Waals surface area (Å²) in [7, 11) is -3.52. The van der Waals surface area contributed by atoms with Gasteiger partial charge in [0, 0.05) is 0 Å². The highest BCUT2D eigenvalue weighted by Gasteiger charge is 2.69. The van der Waals surface area contributed by atoms with Crippen molar-refractivity contribution in [1.82, 2.24) is 0 Å². The van der Waals surface area contributed by atoms with Crippen LogP contribution >= 0.6 is 101 Å². The van der Waals surface area contributed by atoms with Crippen molar-refractivity contribution in [2.75, 3.05) is 0 Å². The lowest BCUT2D eigenvalue weighted by molar-refractivity contribution is 0.333. The first-order valence-electron chi connectivity index (χ1n) is 6.06. The Balaban J connectivity index is 0.00000196. The minimum atomic E-state index is -3.52. The monoisotopic (exact) mass is 535 g/mol. The van der Waals surface area contributed by atoms with Crippen LogP contribution in [0, 0.1) is 0 Å². The van der Waals surface area contributed by atoms with Gasteiger partial charge in [0.2, 0.25) is 0 Å². The van der Waals surface area contributed by atoms with Gasteiger partial charge in [0.05, 0.1) is 20.1 Å². The zero-order valence-corrected chi connectivity index (χ0v) is 18.0. The van der Waals surface area contributed by atoms with E-state index in [4.69, 9.17) is 111 Å². The summed E-state index contributed by atoms with van der Waals surface area (Å²) in [5.74, 6) is 0.0802. The molecule has 26 heavy (non-hydrogen) atoms. The summed E-state index contributed by atoms with van der Waals surface area (Å²) >= 11 is 48.6. The molecule has 0 aromatic heterocycles. The predicted molar refractivity (Wildman–Crippen MR) is 109 cm³/mol. The zero-order valence-electron chi connectivity index (χ0n) is 11.1. The lowest BCUT2D eigenvalue weighted by Crippen LogP contribution is -2.10. The molecule has 0 saturated heterocycles. The highest BCUT2D eigenvalue weighted by Crippen LogP contribution is 2.77. The first kappa shape index (κ1) is 21.1. The molecule has 2 aliphatic rings. The molecule has 0 saturated carbocycles. The van der Waals surface area contributed by atoms with Crippen molar-refractivity contribution in [2.24, 2.45) is 0 Å². The lowest BCUT2D eigenvalue weighted by Gasteiger charge is -2.04. The predicted octanol–water partition coefficient (Wildman–Crippen LogP) is 9.47. The van der Waals surface area contributed by atoms with E-state index in [1.165, 1.54) is 0 Å². The van der Waals surface area contributed by atoms with Crippen LogP contribution in [0.1, 0.15) is 7.43 Å². The van der Waals surface area contributed by atoms with Gasteiger partial charge in [-0.05, 0) is 0 Å². The van der Waals surface area contributed by atoms with Gasteiger partial charge in [0.15, 0.2) is 0 Å². The van der Waals surface area contributed by atoms with E-state index >= 15 is 0 Å². The van der Waals surface area contributed by atoms with Gasteiger partial charge >= 0.3 is 8.17 Å².